The second kappa shape index (κ2) is 4.53. The van der Waals surface area contributed by atoms with Gasteiger partial charge in [0.15, 0.2) is 0 Å². The summed E-state index contributed by atoms with van der Waals surface area (Å²) < 4.78 is 6.87. The van der Waals surface area contributed by atoms with Gasteiger partial charge in [0.2, 0.25) is 0 Å². The lowest BCUT2D eigenvalue weighted by atomic mass is 10.1. The van der Waals surface area contributed by atoms with Crippen LogP contribution in [0.5, 0.6) is 0 Å². The third-order valence-corrected chi connectivity index (χ3v) is 3.94. The molecule has 1 atom stereocenters. The van der Waals surface area contributed by atoms with Crippen molar-refractivity contribution < 1.29 is 9.53 Å². The Morgan fingerprint density at radius 3 is 2.71 bits per heavy atom. The summed E-state index contributed by atoms with van der Waals surface area (Å²) in [6.07, 6.45) is 0. The van der Waals surface area contributed by atoms with Crippen molar-refractivity contribution in [2.75, 3.05) is 7.11 Å². The molecule has 0 spiro atoms. The van der Waals surface area contributed by atoms with Gasteiger partial charge in [0.25, 0.3) is 0 Å². The largest absolute Gasteiger partial charge is 0.468 e. The minimum atomic E-state index is -0.418. The van der Waals surface area contributed by atoms with E-state index in [9.17, 15) is 4.79 Å². The molecule has 0 amide bonds. The van der Waals surface area contributed by atoms with Crippen LogP contribution in [0.25, 0.3) is 10.9 Å². The highest BCUT2D eigenvalue weighted by Gasteiger charge is 2.24. The molecule has 0 radical (unpaired) electrons. The Morgan fingerprint density at radius 2 is 2.06 bits per heavy atom. The van der Waals surface area contributed by atoms with Crippen LogP contribution in [0.4, 0.5) is 0 Å². The van der Waals surface area contributed by atoms with Crippen LogP contribution in [0.15, 0.2) is 24.3 Å². The molecule has 2 aromatic rings. The monoisotopic (exact) mass is 295 g/mol. The molecule has 1 aromatic carbocycles. The summed E-state index contributed by atoms with van der Waals surface area (Å²) in [5.41, 5.74) is 3.17. The molecule has 0 bridgehead atoms. The van der Waals surface area contributed by atoms with Crippen molar-refractivity contribution in [1.82, 2.24) is 4.57 Å². The average molecular weight is 296 g/mol. The van der Waals surface area contributed by atoms with Crippen LogP contribution in [0.1, 0.15) is 16.1 Å². The van der Waals surface area contributed by atoms with E-state index in [1.165, 1.54) is 7.11 Å². The Kier molecular flexibility index (Phi) is 3.24. The van der Waals surface area contributed by atoms with Gasteiger partial charge in [0.05, 0.1) is 7.11 Å². The fourth-order valence-corrected chi connectivity index (χ4v) is 2.86. The van der Waals surface area contributed by atoms with Gasteiger partial charge in [-0.05, 0) is 13.0 Å². The van der Waals surface area contributed by atoms with E-state index in [2.05, 4.69) is 20.5 Å². The number of fused-ring (bicyclic) bond motifs is 1. The Morgan fingerprint density at radius 1 is 1.41 bits per heavy atom. The quantitative estimate of drug-likeness (QED) is 0.630. The molecule has 2 rings (SSSR count). The van der Waals surface area contributed by atoms with Gasteiger partial charge in [0, 0.05) is 29.2 Å². The zero-order valence-corrected chi connectivity index (χ0v) is 11.6. The second-order valence-corrected chi connectivity index (χ2v) is 4.88. The van der Waals surface area contributed by atoms with Crippen molar-refractivity contribution in [2.24, 2.45) is 7.05 Å². The van der Waals surface area contributed by atoms with E-state index in [4.69, 9.17) is 4.74 Å². The lowest BCUT2D eigenvalue weighted by Crippen LogP contribution is -2.09. The first-order valence-electron chi connectivity index (χ1n) is 5.33. The number of nitrogens with zero attached hydrogens (tertiary/aromatic N) is 1. The molecular weight excluding hydrogens is 282 g/mol. The lowest BCUT2D eigenvalue weighted by molar-refractivity contribution is -0.139. The third kappa shape index (κ3) is 1.86. The first-order chi connectivity index (χ1) is 8.07. The summed E-state index contributed by atoms with van der Waals surface area (Å²) in [4.78, 5) is 11.2. The average Bonchev–Trinajstić information content (AvgIpc) is 2.61. The highest BCUT2D eigenvalue weighted by atomic mass is 79.9. The van der Waals surface area contributed by atoms with E-state index in [0.29, 0.717) is 0 Å². The van der Waals surface area contributed by atoms with E-state index < -0.39 is 4.83 Å². The van der Waals surface area contributed by atoms with E-state index >= 15 is 0 Å². The minimum absolute atomic E-state index is 0.274. The number of halogens is 1. The highest BCUT2D eigenvalue weighted by Crippen LogP contribution is 2.35. The maximum atomic E-state index is 11.6. The number of benzene rings is 1. The minimum Gasteiger partial charge on any atom is -0.468 e. The first kappa shape index (κ1) is 12.2. The first-order valence-corrected chi connectivity index (χ1v) is 6.25. The second-order valence-electron chi connectivity index (χ2n) is 3.96. The van der Waals surface area contributed by atoms with Crippen molar-refractivity contribution in [3.05, 3.63) is 35.5 Å². The molecule has 0 saturated heterocycles. The molecular formula is C13H14BrNO2. The number of hydrogen-bond donors (Lipinski definition) is 0. The molecule has 1 aromatic heterocycles. The number of carbonyl (C=O) groups excluding carboxylic acids is 1. The maximum Gasteiger partial charge on any atom is 0.324 e. The smallest absolute Gasteiger partial charge is 0.324 e. The highest BCUT2D eigenvalue weighted by molar-refractivity contribution is 9.09. The molecule has 0 fully saturated rings. The zero-order chi connectivity index (χ0) is 12.6. The maximum absolute atomic E-state index is 11.6. The van der Waals surface area contributed by atoms with Gasteiger partial charge in [-0.3, -0.25) is 4.79 Å². The van der Waals surface area contributed by atoms with Gasteiger partial charge >= 0.3 is 5.97 Å². The number of methoxy groups -OCH3 is 1. The SMILES string of the molecule is COC(=O)C(Br)c1c(C)n(C)c2ccccc12. The van der Waals surface area contributed by atoms with E-state index in [0.717, 1.165) is 22.2 Å². The molecule has 0 saturated carbocycles. The molecule has 0 N–H and O–H groups in total. The number of carbonyl (C=O) groups is 1. The van der Waals surface area contributed by atoms with Crippen molar-refractivity contribution in [3.63, 3.8) is 0 Å². The molecule has 0 aliphatic heterocycles. The summed E-state index contributed by atoms with van der Waals surface area (Å²) in [7, 11) is 3.40. The lowest BCUT2D eigenvalue weighted by Gasteiger charge is -2.08. The number of ether oxygens (including phenoxy) is 1. The molecule has 3 nitrogen and oxygen atoms in total. The van der Waals surface area contributed by atoms with Crippen LogP contribution in [-0.4, -0.2) is 17.6 Å². The fourth-order valence-electron chi connectivity index (χ4n) is 2.09. The van der Waals surface area contributed by atoms with Crippen LogP contribution >= 0.6 is 15.9 Å². The van der Waals surface area contributed by atoms with Crippen molar-refractivity contribution >= 4 is 32.8 Å². The molecule has 17 heavy (non-hydrogen) atoms. The molecule has 0 aliphatic carbocycles. The topological polar surface area (TPSA) is 31.2 Å². The predicted octanol–water partition coefficient (Wildman–Crippen LogP) is 3.10. The predicted molar refractivity (Wildman–Crippen MR) is 71.3 cm³/mol. The summed E-state index contributed by atoms with van der Waals surface area (Å²) in [5.74, 6) is -0.274. The number of aryl methyl sites for hydroxylation is 1. The molecule has 1 unspecified atom stereocenters. The Labute approximate surface area is 108 Å². The van der Waals surface area contributed by atoms with Crippen molar-refractivity contribution in [1.29, 1.82) is 0 Å². The summed E-state index contributed by atoms with van der Waals surface area (Å²) in [6.45, 7) is 2.01. The zero-order valence-electron chi connectivity index (χ0n) is 10.0. The number of para-hydroxylation sites is 1. The molecule has 90 valence electrons. The van der Waals surface area contributed by atoms with Crippen LogP contribution in [0.3, 0.4) is 0 Å². The number of hydrogen-bond acceptors (Lipinski definition) is 2. The van der Waals surface area contributed by atoms with Crippen molar-refractivity contribution in [3.8, 4) is 0 Å². The number of aromatic nitrogens is 1. The number of alkyl halides is 1. The van der Waals surface area contributed by atoms with Crippen LogP contribution in [-0.2, 0) is 16.6 Å². The molecule has 1 heterocycles. The van der Waals surface area contributed by atoms with E-state index in [-0.39, 0.29) is 5.97 Å². The number of esters is 1. The Bertz CT molecular complexity index is 574. The van der Waals surface area contributed by atoms with E-state index in [1.54, 1.807) is 0 Å². The van der Waals surface area contributed by atoms with Gasteiger partial charge in [-0.2, -0.15) is 0 Å². The third-order valence-electron chi connectivity index (χ3n) is 3.11. The van der Waals surface area contributed by atoms with Gasteiger partial charge in [-0.15, -0.1) is 0 Å². The van der Waals surface area contributed by atoms with Crippen molar-refractivity contribution in [2.45, 2.75) is 11.8 Å². The van der Waals surface area contributed by atoms with Gasteiger partial charge < -0.3 is 9.30 Å². The summed E-state index contributed by atoms with van der Waals surface area (Å²) in [6, 6.07) is 8.03. The number of rotatable bonds is 2. The normalized spacial score (nSPS) is 12.7. The van der Waals surface area contributed by atoms with Gasteiger partial charge in [-0.25, -0.2) is 0 Å². The summed E-state index contributed by atoms with van der Waals surface area (Å²) in [5, 5.41) is 1.08. The van der Waals surface area contributed by atoms with E-state index in [1.807, 2.05) is 38.2 Å². The molecule has 0 aliphatic rings. The standard InChI is InChI=1S/C13H14BrNO2/c1-8-11(12(14)13(16)17-3)9-6-4-5-7-10(9)15(8)2/h4-7,12H,1-3H3. The Hall–Kier alpha value is -1.29. The van der Waals surface area contributed by atoms with Crippen LogP contribution in [0, 0.1) is 6.92 Å². The molecule has 4 heteroatoms. The van der Waals surface area contributed by atoms with Crippen LogP contribution < -0.4 is 0 Å². The summed E-state index contributed by atoms with van der Waals surface area (Å²) >= 11 is 3.41. The van der Waals surface area contributed by atoms with Gasteiger partial charge in [-0.1, -0.05) is 34.1 Å². The Balaban J connectivity index is 2.69. The van der Waals surface area contributed by atoms with Crippen LogP contribution in [0.2, 0.25) is 0 Å². The fraction of sp³-hybridized carbons (Fsp3) is 0.308. The van der Waals surface area contributed by atoms with Gasteiger partial charge in [0.1, 0.15) is 4.83 Å².